The monoisotopic (exact) mass is 428 g/mol. The average molecular weight is 428 g/mol. The van der Waals surface area contributed by atoms with Crippen molar-refractivity contribution >= 4 is 21.4 Å². The summed E-state index contributed by atoms with van der Waals surface area (Å²) >= 11 is 1.22. The molecule has 4 rings (SSSR count). The SMILES string of the molecule is Cn1cnc(S(=O)(=O)N2CCc3nc(-c4cccc(C(F)(F)F)c4)sc3C2)c1. The minimum absolute atomic E-state index is 0.0268. The van der Waals surface area contributed by atoms with E-state index in [1.54, 1.807) is 17.7 Å². The number of fused-ring (bicyclic) bond motifs is 1. The molecule has 0 spiro atoms. The summed E-state index contributed by atoms with van der Waals surface area (Å²) in [4.78, 5) is 9.10. The molecule has 0 fully saturated rings. The molecule has 6 nitrogen and oxygen atoms in total. The zero-order valence-electron chi connectivity index (χ0n) is 14.6. The van der Waals surface area contributed by atoms with Gasteiger partial charge in [0.15, 0.2) is 5.03 Å². The van der Waals surface area contributed by atoms with E-state index in [1.807, 2.05) is 0 Å². The zero-order valence-corrected chi connectivity index (χ0v) is 16.3. The van der Waals surface area contributed by atoms with Gasteiger partial charge in [-0.2, -0.15) is 17.5 Å². The first-order chi connectivity index (χ1) is 13.1. The third-order valence-corrected chi connectivity index (χ3v) is 7.28. The first-order valence-corrected chi connectivity index (χ1v) is 10.5. The molecule has 0 saturated heterocycles. The van der Waals surface area contributed by atoms with Gasteiger partial charge in [0.05, 0.1) is 24.1 Å². The van der Waals surface area contributed by atoms with E-state index < -0.39 is 21.8 Å². The van der Waals surface area contributed by atoms with Gasteiger partial charge in [-0.15, -0.1) is 11.3 Å². The summed E-state index contributed by atoms with van der Waals surface area (Å²) < 4.78 is 67.3. The van der Waals surface area contributed by atoms with E-state index in [4.69, 9.17) is 0 Å². The maximum Gasteiger partial charge on any atom is 0.416 e. The molecule has 0 atom stereocenters. The lowest BCUT2D eigenvalue weighted by Gasteiger charge is -2.24. The third kappa shape index (κ3) is 3.45. The van der Waals surface area contributed by atoms with Crippen molar-refractivity contribution in [2.45, 2.75) is 24.2 Å². The highest BCUT2D eigenvalue weighted by Crippen LogP contribution is 2.36. The summed E-state index contributed by atoms with van der Waals surface area (Å²) in [6, 6.07) is 4.99. The first kappa shape index (κ1) is 19.1. The van der Waals surface area contributed by atoms with Crippen LogP contribution in [0.25, 0.3) is 10.6 Å². The molecule has 0 N–H and O–H groups in total. The highest BCUT2D eigenvalue weighted by Gasteiger charge is 2.33. The van der Waals surface area contributed by atoms with Crippen molar-refractivity contribution in [3.8, 4) is 10.6 Å². The third-order valence-electron chi connectivity index (χ3n) is 4.42. The number of rotatable bonds is 3. The molecule has 0 bridgehead atoms. The van der Waals surface area contributed by atoms with Gasteiger partial charge in [-0.25, -0.2) is 18.4 Å². The minimum Gasteiger partial charge on any atom is -0.339 e. The average Bonchev–Trinajstić information content (AvgIpc) is 3.27. The van der Waals surface area contributed by atoms with E-state index in [0.29, 0.717) is 17.0 Å². The molecule has 3 aromatic rings. The number of aromatic nitrogens is 3. The number of thiazole rings is 1. The Morgan fingerprint density at radius 2 is 2.04 bits per heavy atom. The molecule has 1 aliphatic rings. The molecular formula is C17H15F3N4O2S2. The summed E-state index contributed by atoms with van der Waals surface area (Å²) in [6.45, 7) is 0.378. The Hall–Kier alpha value is -2.24. The lowest BCUT2D eigenvalue weighted by atomic mass is 10.1. The number of halogens is 3. The van der Waals surface area contributed by atoms with Crippen LogP contribution in [0.4, 0.5) is 13.2 Å². The summed E-state index contributed by atoms with van der Waals surface area (Å²) in [7, 11) is -2.05. The van der Waals surface area contributed by atoms with Crippen LogP contribution < -0.4 is 0 Å². The molecule has 3 heterocycles. The predicted molar refractivity (Wildman–Crippen MR) is 97.1 cm³/mol. The van der Waals surface area contributed by atoms with Crippen molar-refractivity contribution < 1.29 is 21.6 Å². The normalized spacial score (nSPS) is 15.6. The largest absolute Gasteiger partial charge is 0.416 e. The number of aryl methyl sites for hydroxylation is 1. The van der Waals surface area contributed by atoms with Crippen LogP contribution in [0.1, 0.15) is 16.1 Å². The van der Waals surface area contributed by atoms with Crippen molar-refractivity contribution in [1.82, 2.24) is 18.8 Å². The van der Waals surface area contributed by atoms with E-state index in [1.165, 1.54) is 34.2 Å². The predicted octanol–water partition coefficient (Wildman–Crippen LogP) is 3.31. The van der Waals surface area contributed by atoms with Gasteiger partial charge in [0.1, 0.15) is 5.01 Å². The Labute approximate surface area is 163 Å². The summed E-state index contributed by atoms with van der Waals surface area (Å²) in [5, 5.41) is 0.425. The molecule has 1 aliphatic heterocycles. The molecule has 0 aliphatic carbocycles. The van der Waals surface area contributed by atoms with E-state index in [0.717, 1.165) is 22.7 Å². The number of alkyl halides is 3. The van der Waals surface area contributed by atoms with Gasteiger partial charge < -0.3 is 4.57 Å². The van der Waals surface area contributed by atoms with Crippen LogP contribution in [0.5, 0.6) is 0 Å². The Bertz CT molecular complexity index is 1140. The van der Waals surface area contributed by atoms with Crippen molar-refractivity contribution in [3.05, 3.63) is 52.9 Å². The molecule has 0 unspecified atom stereocenters. The molecular weight excluding hydrogens is 413 g/mol. The van der Waals surface area contributed by atoms with Crippen LogP contribution >= 0.6 is 11.3 Å². The Kier molecular flexibility index (Phi) is 4.55. The van der Waals surface area contributed by atoms with Crippen molar-refractivity contribution in [3.63, 3.8) is 0 Å². The number of hydrogen-bond donors (Lipinski definition) is 0. The van der Waals surface area contributed by atoms with Crippen LogP contribution in [0, 0.1) is 0 Å². The fourth-order valence-corrected chi connectivity index (χ4v) is 5.56. The van der Waals surface area contributed by atoms with Gasteiger partial charge in [0.25, 0.3) is 10.0 Å². The summed E-state index contributed by atoms with van der Waals surface area (Å²) in [5.41, 5.74) is 0.357. The highest BCUT2D eigenvalue weighted by atomic mass is 32.2. The molecule has 0 amide bonds. The van der Waals surface area contributed by atoms with Crippen LogP contribution in [0.15, 0.2) is 41.8 Å². The molecule has 0 saturated carbocycles. The van der Waals surface area contributed by atoms with E-state index in [2.05, 4.69) is 9.97 Å². The summed E-state index contributed by atoms with van der Waals surface area (Å²) in [5.74, 6) is 0. The number of hydrogen-bond acceptors (Lipinski definition) is 5. The molecule has 28 heavy (non-hydrogen) atoms. The Morgan fingerprint density at radius 3 is 2.71 bits per heavy atom. The fourth-order valence-electron chi connectivity index (χ4n) is 2.98. The van der Waals surface area contributed by atoms with Crippen molar-refractivity contribution in [2.24, 2.45) is 7.05 Å². The van der Waals surface area contributed by atoms with Crippen LogP contribution in [-0.4, -0.2) is 33.8 Å². The van der Waals surface area contributed by atoms with E-state index in [-0.39, 0.29) is 18.1 Å². The Balaban J connectivity index is 1.63. The maximum atomic E-state index is 13.0. The topological polar surface area (TPSA) is 68.1 Å². The highest BCUT2D eigenvalue weighted by molar-refractivity contribution is 7.89. The van der Waals surface area contributed by atoms with Crippen molar-refractivity contribution in [2.75, 3.05) is 6.54 Å². The second-order valence-electron chi connectivity index (χ2n) is 6.43. The van der Waals surface area contributed by atoms with E-state index >= 15 is 0 Å². The second kappa shape index (κ2) is 6.68. The van der Waals surface area contributed by atoms with Crippen LogP contribution in [0.2, 0.25) is 0 Å². The second-order valence-corrected chi connectivity index (χ2v) is 9.40. The van der Waals surface area contributed by atoms with Crippen molar-refractivity contribution in [1.29, 1.82) is 0 Å². The number of benzene rings is 1. The molecule has 1 aromatic carbocycles. The molecule has 148 valence electrons. The lowest BCUT2D eigenvalue weighted by Crippen LogP contribution is -2.35. The zero-order chi connectivity index (χ0) is 20.1. The van der Waals surface area contributed by atoms with Crippen LogP contribution in [0.3, 0.4) is 0 Å². The fraction of sp³-hybridized carbons (Fsp3) is 0.294. The van der Waals surface area contributed by atoms with Crippen LogP contribution in [-0.2, 0) is 36.2 Å². The van der Waals surface area contributed by atoms with Gasteiger partial charge in [-0.05, 0) is 12.1 Å². The Morgan fingerprint density at radius 1 is 1.25 bits per heavy atom. The smallest absolute Gasteiger partial charge is 0.339 e. The number of nitrogens with zero attached hydrogens (tertiary/aromatic N) is 4. The lowest BCUT2D eigenvalue weighted by molar-refractivity contribution is -0.137. The van der Waals surface area contributed by atoms with Gasteiger partial charge >= 0.3 is 6.18 Å². The maximum absolute atomic E-state index is 13.0. The van der Waals surface area contributed by atoms with E-state index in [9.17, 15) is 21.6 Å². The van der Waals surface area contributed by atoms with Gasteiger partial charge in [-0.3, -0.25) is 0 Å². The van der Waals surface area contributed by atoms with Gasteiger partial charge in [0.2, 0.25) is 0 Å². The molecule has 0 radical (unpaired) electrons. The molecule has 11 heteroatoms. The standard InChI is InChI=1S/C17H15F3N4O2S2/c1-23-9-15(21-10-23)28(25,26)24-6-5-13-14(8-24)27-16(22-13)11-3-2-4-12(7-11)17(18,19)20/h2-4,7,9-10H,5-6,8H2,1H3. The molecule has 2 aromatic heterocycles. The number of sulfonamides is 1. The number of imidazole rings is 1. The summed E-state index contributed by atoms with van der Waals surface area (Å²) in [6.07, 6.45) is -1.18. The van der Waals surface area contributed by atoms with Gasteiger partial charge in [0, 0.05) is 36.7 Å². The first-order valence-electron chi connectivity index (χ1n) is 8.29. The quantitative estimate of drug-likeness (QED) is 0.642. The van der Waals surface area contributed by atoms with Gasteiger partial charge in [-0.1, -0.05) is 12.1 Å². The minimum atomic E-state index is -4.43.